The average molecular weight is 905 g/mol. The normalized spacial score (nSPS) is 14.8. The summed E-state index contributed by atoms with van der Waals surface area (Å²) >= 11 is 0. The molecule has 0 unspecified atom stereocenters. The first-order chi connectivity index (χ1) is 27.5. The standard InChI is InChI=1S/2C26H29OP.HI/c2*1-21(2)27-25-19-12-20-26(25)28(22-13-6-3-7-14-22,23-15-8-4-9-16-23)24-17-10-5-11-18-24;/h2*3-11,13-18,21,28H,12,19-20H2,1-2H3;1H. The van der Waals surface area contributed by atoms with Gasteiger partial charge in [0.25, 0.3) is 0 Å². The molecular formula is C52H59IO2P2. The van der Waals surface area contributed by atoms with Gasteiger partial charge in [-0.3, -0.25) is 0 Å². The second-order valence-corrected chi connectivity index (χ2v) is 23.2. The third-order valence-electron chi connectivity index (χ3n) is 11.2. The van der Waals surface area contributed by atoms with Gasteiger partial charge in [-0.1, -0.05) is 0 Å². The fourth-order valence-corrected chi connectivity index (χ4v) is 19.8. The first kappa shape index (κ1) is 42.6. The molecule has 0 bridgehead atoms. The van der Waals surface area contributed by atoms with Crippen molar-refractivity contribution in [1.29, 1.82) is 0 Å². The van der Waals surface area contributed by atoms with Crippen molar-refractivity contribution in [2.75, 3.05) is 0 Å². The van der Waals surface area contributed by atoms with Crippen molar-refractivity contribution in [3.8, 4) is 0 Å². The minimum atomic E-state index is -2.37. The van der Waals surface area contributed by atoms with E-state index in [1.54, 1.807) is 10.6 Å². The average Bonchev–Trinajstić information content (AvgIpc) is 3.91. The number of allylic oxidation sites excluding steroid dienone is 4. The van der Waals surface area contributed by atoms with E-state index in [4.69, 9.17) is 9.47 Å². The van der Waals surface area contributed by atoms with Crippen LogP contribution in [-0.2, 0) is 9.47 Å². The molecule has 0 spiro atoms. The van der Waals surface area contributed by atoms with Crippen LogP contribution in [-0.4, -0.2) is 12.2 Å². The van der Waals surface area contributed by atoms with Gasteiger partial charge in [-0.15, -0.1) is 24.0 Å². The smallest absolute Gasteiger partial charge is 0.107 e. The molecule has 2 aliphatic carbocycles. The molecule has 0 atom stereocenters. The SMILES string of the molecule is CC(C)OC1=C([PH](c2ccccc2)(c2ccccc2)c2ccccc2)CCC1.CC(C)OC1=C([PH](c2ccccc2)(c2ccccc2)c2ccccc2)CCC1.I. The summed E-state index contributed by atoms with van der Waals surface area (Å²) in [6.45, 7) is 8.55. The molecular weight excluding hydrogens is 845 g/mol. The predicted octanol–water partition coefficient (Wildman–Crippen LogP) is 11.7. The number of ether oxygens (including phenoxy) is 2. The summed E-state index contributed by atoms with van der Waals surface area (Å²) in [5.74, 6) is 2.47. The summed E-state index contributed by atoms with van der Waals surface area (Å²) < 4.78 is 12.8. The third kappa shape index (κ3) is 9.02. The van der Waals surface area contributed by atoms with E-state index >= 15 is 0 Å². The largest absolute Gasteiger partial charge is 0.107 e. The van der Waals surface area contributed by atoms with E-state index in [0.29, 0.717) is 0 Å². The van der Waals surface area contributed by atoms with E-state index in [1.165, 1.54) is 56.2 Å². The fourth-order valence-electron chi connectivity index (χ4n) is 9.23. The van der Waals surface area contributed by atoms with Gasteiger partial charge in [-0.2, -0.15) is 0 Å². The molecule has 0 aliphatic heterocycles. The summed E-state index contributed by atoms with van der Waals surface area (Å²) in [5, 5.41) is 11.7. The van der Waals surface area contributed by atoms with Crippen LogP contribution in [0.4, 0.5) is 0 Å². The van der Waals surface area contributed by atoms with Crippen LogP contribution in [0.2, 0.25) is 0 Å². The zero-order valence-corrected chi connectivity index (χ0v) is 38.3. The zero-order chi connectivity index (χ0) is 38.8. The molecule has 0 N–H and O–H groups in total. The van der Waals surface area contributed by atoms with Crippen LogP contribution >= 0.6 is 38.5 Å². The van der Waals surface area contributed by atoms with E-state index < -0.39 is 14.5 Å². The van der Waals surface area contributed by atoms with Crippen molar-refractivity contribution in [2.45, 2.75) is 78.4 Å². The molecule has 5 heteroatoms. The van der Waals surface area contributed by atoms with Crippen LogP contribution < -0.4 is 31.8 Å². The van der Waals surface area contributed by atoms with Crippen LogP contribution in [0, 0.1) is 0 Å². The summed E-state index contributed by atoms with van der Waals surface area (Å²) in [4.78, 5) is 0. The minimum absolute atomic E-state index is 0. The zero-order valence-electron chi connectivity index (χ0n) is 33.9. The molecule has 0 saturated carbocycles. The first-order valence-corrected chi connectivity index (χ1v) is 24.6. The molecule has 0 radical (unpaired) electrons. The summed E-state index contributed by atoms with van der Waals surface area (Å²) in [6, 6.07) is 66.8. The van der Waals surface area contributed by atoms with Crippen LogP contribution in [0.3, 0.4) is 0 Å². The maximum atomic E-state index is 6.41. The molecule has 2 aliphatic rings. The molecule has 0 fully saturated rings. The van der Waals surface area contributed by atoms with E-state index in [1.807, 2.05) is 0 Å². The topological polar surface area (TPSA) is 18.5 Å². The Bertz CT molecular complexity index is 1830. The Balaban J connectivity index is 0.000000189. The number of halogens is 1. The van der Waals surface area contributed by atoms with Crippen molar-refractivity contribution < 1.29 is 9.47 Å². The van der Waals surface area contributed by atoms with E-state index in [-0.39, 0.29) is 36.2 Å². The number of hydrogen-bond donors (Lipinski definition) is 0. The first-order valence-electron chi connectivity index (χ1n) is 20.6. The minimum Gasteiger partial charge on any atom is -0.107 e. The van der Waals surface area contributed by atoms with Gasteiger partial charge in [0, 0.05) is 0 Å². The molecule has 0 heterocycles. The van der Waals surface area contributed by atoms with Gasteiger partial charge in [-0.05, 0) is 0 Å². The van der Waals surface area contributed by atoms with Gasteiger partial charge in [-0.25, -0.2) is 0 Å². The quantitative estimate of drug-likeness (QED) is 0.0900. The molecule has 0 amide bonds. The third-order valence-corrected chi connectivity index (χ3v) is 21.3. The van der Waals surface area contributed by atoms with Crippen molar-refractivity contribution in [2.24, 2.45) is 0 Å². The summed E-state index contributed by atoms with van der Waals surface area (Å²) in [7, 11) is -4.73. The van der Waals surface area contributed by atoms with Gasteiger partial charge >= 0.3 is 338 Å². The molecule has 296 valence electrons. The monoisotopic (exact) mass is 904 g/mol. The van der Waals surface area contributed by atoms with Gasteiger partial charge < -0.3 is 0 Å². The second kappa shape index (κ2) is 20.1. The van der Waals surface area contributed by atoms with Crippen molar-refractivity contribution >= 4 is 70.3 Å². The van der Waals surface area contributed by atoms with Crippen LogP contribution in [0.25, 0.3) is 0 Å². The Morgan fingerprint density at radius 1 is 0.333 bits per heavy atom. The van der Waals surface area contributed by atoms with Crippen LogP contribution in [0.5, 0.6) is 0 Å². The summed E-state index contributed by atoms with van der Waals surface area (Å²) in [5.41, 5.74) is 0. The Morgan fingerprint density at radius 3 is 0.737 bits per heavy atom. The molecule has 6 aromatic rings. The van der Waals surface area contributed by atoms with Crippen molar-refractivity contribution in [3.05, 3.63) is 204 Å². The Hall–Kier alpha value is -4.01. The number of rotatable bonds is 12. The predicted molar refractivity (Wildman–Crippen MR) is 263 cm³/mol. The molecule has 6 aromatic carbocycles. The van der Waals surface area contributed by atoms with Gasteiger partial charge in [0.15, 0.2) is 0 Å². The van der Waals surface area contributed by atoms with E-state index in [0.717, 1.165) is 25.7 Å². The Morgan fingerprint density at radius 2 is 0.544 bits per heavy atom. The van der Waals surface area contributed by atoms with Crippen LogP contribution in [0.1, 0.15) is 66.2 Å². The summed E-state index contributed by atoms with van der Waals surface area (Å²) in [6.07, 6.45) is 7.11. The van der Waals surface area contributed by atoms with Crippen molar-refractivity contribution in [1.82, 2.24) is 0 Å². The van der Waals surface area contributed by atoms with Gasteiger partial charge in [0.05, 0.1) is 0 Å². The van der Waals surface area contributed by atoms with Gasteiger partial charge in [0.1, 0.15) is 0 Å². The molecule has 57 heavy (non-hydrogen) atoms. The van der Waals surface area contributed by atoms with Gasteiger partial charge in [0.2, 0.25) is 0 Å². The number of benzene rings is 6. The fraction of sp³-hybridized carbons (Fsp3) is 0.231. The Kier molecular flexibility index (Phi) is 15.0. The number of hydrogen-bond acceptors (Lipinski definition) is 2. The Labute approximate surface area is 360 Å². The second-order valence-electron chi connectivity index (χ2n) is 15.5. The molecule has 0 aromatic heterocycles. The molecule has 2 nitrogen and oxygen atoms in total. The molecule has 8 rings (SSSR count). The maximum absolute atomic E-state index is 6.41. The van der Waals surface area contributed by atoms with E-state index in [2.05, 4.69) is 210 Å². The van der Waals surface area contributed by atoms with Crippen LogP contribution in [0.15, 0.2) is 204 Å². The molecule has 0 saturated heterocycles. The maximum Gasteiger partial charge on any atom is -0.107 e. The van der Waals surface area contributed by atoms with E-state index in [9.17, 15) is 0 Å². The van der Waals surface area contributed by atoms with Crippen molar-refractivity contribution in [3.63, 3.8) is 0 Å².